The van der Waals surface area contributed by atoms with E-state index in [9.17, 15) is 19.2 Å². The van der Waals surface area contributed by atoms with E-state index >= 15 is 0 Å². The largest absolute Gasteiger partial charge is 0.366 e. The van der Waals surface area contributed by atoms with Crippen LogP contribution in [0.3, 0.4) is 0 Å². The van der Waals surface area contributed by atoms with E-state index in [0.717, 1.165) is 5.56 Å². The molecular formula is C37H28Cl2N4O4S. The predicted octanol–water partition coefficient (Wildman–Crippen LogP) is 7.97. The predicted molar refractivity (Wildman–Crippen MR) is 192 cm³/mol. The Labute approximate surface area is 291 Å². The summed E-state index contributed by atoms with van der Waals surface area (Å²) < 4.78 is 0. The first-order valence-corrected chi connectivity index (χ1v) is 16.2. The van der Waals surface area contributed by atoms with Gasteiger partial charge in [-0.3, -0.25) is 19.2 Å². The van der Waals surface area contributed by atoms with Crippen LogP contribution in [-0.2, 0) is 9.59 Å². The number of thioether (sulfide) groups is 1. The van der Waals surface area contributed by atoms with Crippen LogP contribution in [-0.4, -0.2) is 23.6 Å². The van der Waals surface area contributed by atoms with Crippen LogP contribution in [0.5, 0.6) is 0 Å². The number of halogens is 2. The molecule has 0 bridgehead atoms. The van der Waals surface area contributed by atoms with E-state index in [0.29, 0.717) is 37.4 Å². The van der Waals surface area contributed by atoms with Gasteiger partial charge in [0.2, 0.25) is 5.91 Å². The molecule has 4 amide bonds. The number of benzene rings is 5. The number of rotatable bonds is 11. The van der Waals surface area contributed by atoms with Crippen LogP contribution in [0.2, 0.25) is 10.0 Å². The second-order valence-corrected chi connectivity index (χ2v) is 12.4. The Morgan fingerprint density at radius 2 is 1.42 bits per heavy atom. The van der Waals surface area contributed by atoms with E-state index < -0.39 is 23.0 Å². The molecular weight excluding hydrogens is 667 g/mol. The molecule has 5 aromatic rings. The molecule has 0 fully saturated rings. The molecule has 0 radical (unpaired) electrons. The third kappa shape index (κ3) is 8.92. The van der Waals surface area contributed by atoms with Crippen LogP contribution in [0, 0.1) is 0 Å². The fourth-order valence-corrected chi connectivity index (χ4v) is 6.15. The van der Waals surface area contributed by atoms with Gasteiger partial charge in [-0.2, -0.15) is 0 Å². The van der Waals surface area contributed by atoms with E-state index in [2.05, 4.69) is 16.0 Å². The first kappa shape index (κ1) is 34.0. The highest BCUT2D eigenvalue weighted by molar-refractivity contribution is 8.00. The lowest BCUT2D eigenvalue weighted by molar-refractivity contribution is -0.116. The summed E-state index contributed by atoms with van der Waals surface area (Å²) >= 11 is 13.7. The molecule has 5 aromatic carbocycles. The standard InChI is InChI=1S/C37H28Cl2N4O4S/c38-26-19-18-25(30(39)21-26)20-32(43-35(45)24-12-5-2-6-13-24)36(46)41-27-14-9-15-28(22-27)48-33(23-10-3-1-4-11-23)37(47)42-31-17-8-7-16-29(31)34(40)44/h1-22,33H,(H2,40,44)(H,41,46)(H,42,47)(H,43,45)/b32-20+. The highest BCUT2D eigenvalue weighted by Gasteiger charge is 2.24. The molecule has 0 heterocycles. The Morgan fingerprint density at radius 1 is 0.729 bits per heavy atom. The van der Waals surface area contributed by atoms with Crippen LogP contribution in [0.15, 0.2) is 138 Å². The Balaban J connectivity index is 1.40. The summed E-state index contributed by atoms with van der Waals surface area (Å²) in [6.07, 6.45) is 1.47. The van der Waals surface area contributed by atoms with Crippen LogP contribution >= 0.6 is 35.0 Å². The Hall–Kier alpha value is -5.35. The number of nitrogens with one attached hydrogen (secondary N) is 3. The number of primary amides is 1. The lowest BCUT2D eigenvalue weighted by atomic mass is 10.1. The highest BCUT2D eigenvalue weighted by Crippen LogP contribution is 2.37. The summed E-state index contributed by atoms with van der Waals surface area (Å²) in [6, 6.07) is 35.9. The van der Waals surface area contributed by atoms with Crippen LogP contribution < -0.4 is 21.7 Å². The molecule has 11 heteroatoms. The topological polar surface area (TPSA) is 130 Å². The normalized spacial score (nSPS) is 11.7. The maximum absolute atomic E-state index is 13.7. The first-order chi connectivity index (χ1) is 23.2. The minimum Gasteiger partial charge on any atom is -0.366 e. The molecule has 0 aliphatic carbocycles. The molecule has 0 aromatic heterocycles. The fourth-order valence-electron chi connectivity index (χ4n) is 4.60. The SMILES string of the molecule is NC(=O)c1ccccc1NC(=O)C(Sc1cccc(NC(=O)/C(=C\c2ccc(Cl)cc2Cl)NC(=O)c2ccccc2)c1)c1ccccc1. The number of para-hydroxylation sites is 1. The van der Waals surface area contributed by atoms with E-state index in [4.69, 9.17) is 28.9 Å². The monoisotopic (exact) mass is 694 g/mol. The zero-order valence-corrected chi connectivity index (χ0v) is 27.5. The minimum absolute atomic E-state index is 0.0548. The summed E-state index contributed by atoms with van der Waals surface area (Å²) in [6.45, 7) is 0. The number of carbonyl (C=O) groups excluding carboxylic acids is 4. The van der Waals surface area contributed by atoms with Crippen molar-refractivity contribution < 1.29 is 19.2 Å². The van der Waals surface area contributed by atoms with Crippen LogP contribution in [0.1, 0.15) is 37.1 Å². The Morgan fingerprint density at radius 3 is 2.12 bits per heavy atom. The van der Waals surface area contributed by atoms with Gasteiger partial charge < -0.3 is 21.7 Å². The van der Waals surface area contributed by atoms with Gasteiger partial charge in [-0.1, -0.05) is 96.0 Å². The van der Waals surface area contributed by atoms with Crippen molar-refractivity contribution in [3.8, 4) is 0 Å². The molecule has 1 atom stereocenters. The van der Waals surface area contributed by atoms with Crippen molar-refractivity contribution in [3.63, 3.8) is 0 Å². The summed E-state index contributed by atoms with van der Waals surface area (Å²) in [7, 11) is 0. The zero-order chi connectivity index (χ0) is 34.0. The highest BCUT2D eigenvalue weighted by atomic mass is 35.5. The molecule has 0 saturated carbocycles. The first-order valence-electron chi connectivity index (χ1n) is 14.5. The number of amides is 4. The van der Waals surface area contributed by atoms with Gasteiger partial charge in [-0.25, -0.2) is 0 Å². The van der Waals surface area contributed by atoms with Gasteiger partial charge in [0.1, 0.15) is 10.9 Å². The number of carbonyl (C=O) groups is 4. The van der Waals surface area contributed by atoms with Gasteiger partial charge in [0.05, 0.1) is 11.3 Å². The number of nitrogens with two attached hydrogens (primary N) is 1. The number of anilines is 2. The quantitative estimate of drug-likeness (QED) is 0.0823. The van der Waals surface area contributed by atoms with Crippen molar-refractivity contribution in [3.05, 3.63) is 165 Å². The Kier molecular flexibility index (Phi) is 11.3. The van der Waals surface area contributed by atoms with Crippen molar-refractivity contribution in [2.45, 2.75) is 10.1 Å². The van der Waals surface area contributed by atoms with Gasteiger partial charge in [0.25, 0.3) is 17.7 Å². The lowest BCUT2D eigenvalue weighted by Crippen LogP contribution is -2.30. The third-order valence-corrected chi connectivity index (χ3v) is 8.74. The summed E-state index contributed by atoms with van der Waals surface area (Å²) in [5.74, 6) is -2.12. The third-order valence-electron chi connectivity index (χ3n) is 6.93. The maximum Gasteiger partial charge on any atom is 0.272 e. The molecule has 48 heavy (non-hydrogen) atoms. The van der Waals surface area contributed by atoms with Crippen molar-refractivity contribution in [1.82, 2.24) is 5.32 Å². The second kappa shape index (κ2) is 16.0. The lowest BCUT2D eigenvalue weighted by Gasteiger charge is -2.18. The zero-order valence-electron chi connectivity index (χ0n) is 25.2. The molecule has 0 aliphatic rings. The van der Waals surface area contributed by atoms with Gasteiger partial charge in [0, 0.05) is 26.2 Å². The van der Waals surface area contributed by atoms with Crippen molar-refractivity contribution in [2.75, 3.05) is 10.6 Å². The van der Waals surface area contributed by atoms with Crippen LogP contribution in [0.4, 0.5) is 11.4 Å². The average Bonchev–Trinajstić information content (AvgIpc) is 3.09. The molecule has 0 saturated heterocycles. The fraction of sp³-hybridized carbons (Fsp3) is 0.0270. The summed E-state index contributed by atoms with van der Waals surface area (Å²) in [5, 5.41) is 8.35. The van der Waals surface area contributed by atoms with Gasteiger partial charge in [-0.05, 0) is 71.8 Å². The number of hydrogen-bond donors (Lipinski definition) is 4. The van der Waals surface area contributed by atoms with Gasteiger partial charge >= 0.3 is 0 Å². The molecule has 8 nitrogen and oxygen atoms in total. The van der Waals surface area contributed by atoms with E-state index in [1.54, 1.807) is 84.9 Å². The molecule has 5 N–H and O–H groups in total. The Bertz CT molecular complexity index is 2010. The molecule has 0 spiro atoms. The van der Waals surface area contributed by atoms with Crippen molar-refractivity contribution in [2.24, 2.45) is 5.73 Å². The van der Waals surface area contributed by atoms with Gasteiger partial charge in [0.15, 0.2) is 0 Å². The van der Waals surface area contributed by atoms with E-state index in [-0.39, 0.29) is 17.2 Å². The molecule has 0 aliphatic heterocycles. The summed E-state index contributed by atoms with van der Waals surface area (Å²) in [5.41, 5.74) is 7.93. The molecule has 5 rings (SSSR count). The van der Waals surface area contributed by atoms with E-state index in [1.165, 1.54) is 23.9 Å². The maximum atomic E-state index is 13.7. The van der Waals surface area contributed by atoms with Crippen molar-refractivity contribution >= 4 is 76.0 Å². The molecule has 240 valence electrons. The average molecular weight is 696 g/mol. The van der Waals surface area contributed by atoms with Crippen LogP contribution in [0.25, 0.3) is 6.08 Å². The number of hydrogen-bond acceptors (Lipinski definition) is 5. The smallest absolute Gasteiger partial charge is 0.272 e. The summed E-state index contributed by atoms with van der Waals surface area (Å²) in [4.78, 5) is 53.0. The van der Waals surface area contributed by atoms with E-state index in [1.807, 2.05) is 36.4 Å². The van der Waals surface area contributed by atoms with Crippen molar-refractivity contribution in [1.29, 1.82) is 0 Å². The minimum atomic E-state index is -0.731. The van der Waals surface area contributed by atoms with Gasteiger partial charge in [-0.15, -0.1) is 11.8 Å². The second-order valence-electron chi connectivity index (χ2n) is 10.3. The molecule has 1 unspecified atom stereocenters.